The number of aromatic nitrogens is 1. The summed E-state index contributed by atoms with van der Waals surface area (Å²) in [5, 5.41) is 3.75. The van der Waals surface area contributed by atoms with Gasteiger partial charge in [-0.2, -0.15) is 0 Å². The maximum Gasteiger partial charge on any atom is 0.223 e. The first kappa shape index (κ1) is 10.2. The Labute approximate surface area is 89.2 Å². The lowest BCUT2D eigenvalue weighted by molar-refractivity contribution is -0.132. The number of rotatable bonds is 2. The van der Waals surface area contributed by atoms with Gasteiger partial charge in [0.05, 0.1) is 12.7 Å². The number of fused-ring (bicyclic) bond motifs is 1. The summed E-state index contributed by atoms with van der Waals surface area (Å²) in [5.41, 5.74) is 1.05. The van der Waals surface area contributed by atoms with Crippen molar-refractivity contribution < 1.29 is 9.32 Å². The van der Waals surface area contributed by atoms with Gasteiger partial charge < -0.3 is 9.42 Å². The van der Waals surface area contributed by atoms with Crippen molar-refractivity contribution in [3.8, 4) is 0 Å². The predicted molar refractivity (Wildman–Crippen MR) is 55.1 cm³/mol. The number of carbonyl (C=O) groups excluding carboxylic acids is 1. The highest BCUT2D eigenvalue weighted by molar-refractivity contribution is 5.76. The van der Waals surface area contributed by atoms with Crippen LogP contribution in [0.4, 0.5) is 0 Å². The van der Waals surface area contributed by atoms with E-state index in [1.165, 1.54) is 0 Å². The van der Waals surface area contributed by atoms with Crippen LogP contribution in [0.1, 0.15) is 31.6 Å². The Hall–Kier alpha value is -1.32. The molecule has 2 heterocycles. The third-order valence-electron chi connectivity index (χ3n) is 2.64. The number of hydrogen-bond acceptors (Lipinski definition) is 3. The van der Waals surface area contributed by atoms with E-state index in [0.29, 0.717) is 18.9 Å². The second-order valence-electron chi connectivity index (χ2n) is 4.44. The van der Waals surface area contributed by atoms with Gasteiger partial charge in [-0.25, -0.2) is 0 Å². The summed E-state index contributed by atoms with van der Waals surface area (Å²) in [7, 11) is 0. The maximum absolute atomic E-state index is 11.8. The molecule has 4 heteroatoms. The van der Waals surface area contributed by atoms with Gasteiger partial charge in [0.15, 0.2) is 0 Å². The number of hydrogen-bond donors (Lipinski definition) is 0. The molecule has 15 heavy (non-hydrogen) atoms. The summed E-state index contributed by atoms with van der Waals surface area (Å²) in [5.74, 6) is 1.59. The van der Waals surface area contributed by atoms with Gasteiger partial charge in [0.2, 0.25) is 5.91 Å². The van der Waals surface area contributed by atoms with E-state index in [1.54, 1.807) is 6.20 Å². The van der Waals surface area contributed by atoms with Gasteiger partial charge in [0, 0.05) is 24.9 Å². The minimum atomic E-state index is 0.233. The molecule has 2 rings (SSSR count). The average molecular weight is 208 g/mol. The molecule has 1 aromatic heterocycles. The smallest absolute Gasteiger partial charge is 0.223 e. The van der Waals surface area contributed by atoms with Crippen LogP contribution in [0.15, 0.2) is 10.7 Å². The molecule has 82 valence electrons. The van der Waals surface area contributed by atoms with E-state index < -0.39 is 0 Å². The summed E-state index contributed by atoms with van der Waals surface area (Å²) in [6.07, 6.45) is 3.13. The van der Waals surface area contributed by atoms with Crippen LogP contribution in [0.25, 0.3) is 0 Å². The van der Waals surface area contributed by atoms with Crippen molar-refractivity contribution in [3.05, 3.63) is 17.5 Å². The molecule has 1 aliphatic rings. The van der Waals surface area contributed by atoms with Gasteiger partial charge >= 0.3 is 0 Å². The van der Waals surface area contributed by atoms with E-state index in [2.05, 4.69) is 19.0 Å². The quantitative estimate of drug-likeness (QED) is 0.741. The summed E-state index contributed by atoms with van der Waals surface area (Å²) in [4.78, 5) is 13.7. The topological polar surface area (TPSA) is 46.3 Å². The fourth-order valence-corrected chi connectivity index (χ4v) is 1.83. The Morgan fingerprint density at radius 2 is 2.47 bits per heavy atom. The van der Waals surface area contributed by atoms with Crippen LogP contribution in [0.5, 0.6) is 0 Å². The monoisotopic (exact) mass is 208 g/mol. The van der Waals surface area contributed by atoms with E-state index in [9.17, 15) is 4.79 Å². The minimum absolute atomic E-state index is 0.233. The first-order chi connectivity index (χ1) is 7.16. The maximum atomic E-state index is 11.8. The van der Waals surface area contributed by atoms with Crippen molar-refractivity contribution in [2.45, 2.75) is 33.2 Å². The Bertz CT molecular complexity index is 357. The summed E-state index contributed by atoms with van der Waals surface area (Å²) in [6.45, 7) is 5.54. The van der Waals surface area contributed by atoms with Crippen LogP contribution in [-0.2, 0) is 17.8 Å². The Balaban J connectivity index is 2.00. The highest BCUT2D eigenvalue weighted by atomic mass is 16.5. The van der Waals surface area contributed by atoms with Crippen LogP contribution < -0.4 is 0 Å². The van der Waals surface area contributed by atoms with E-state index in [0.717, 1.165) is 24.3 Å². The van der Waals surface area contributed by atoms with Crippen molar-refractivity contribution >= 4 is 5.91 Å². The third kappa shape index (κ3) is 2.19. The molecular formula is C11H16N2O2. The van der Waals surface area contributed by atoms with Crippen LogP contribution >= 0.6 is 0 Å². The van der Waals surface area contributed by atoms with Gasteiger partial charge in [-0.05, 0) is 5.92 Å². The zero-order valence-corrected chi connectivity index (χ0v) is 9.19. The highest BCUT2D eigenvalue weighted by Gasteiger charge is 2.23. The van der Waals surface area contributed by atoms with Crippen molar-refractivity contribution in [2.24, 2.45) is 5.92 Å². The van der Waals surface area contributed by atoms with E-state index in [-0.39, 0.29) is 5.91 Å². The Morgan fingerprint density at radius 1 is 1.67 bits per heavy atom. The van der Waals surface area contributed by atoms with Crippen molar-refractivity contribution in [3.63, 3.8) is 0 Å². The minimum Gasteiger partial charge on any atom is -0.361 e. The van der Waals surface area contributed by atoms with E-state index in [4.69, 9.17) is 4.52 Å². The molecule has 0 radical (unpaired) electrons. The third-order valence-corrected chi connectivity index (χ3v) is 2.64. The largest absolute Gasteiger partial charge is 0.361 e. The molecule has 0 saturated carbocycles. The molecule has 4 nitrogen and oxygen atoms in total. The first-order valence-corrected chi connectivity index (χ1v) is 5.37. The molecule has 0 unspecified atom stereocenters. The molecule has 0 atom stereocenters. The summed E-state index contributed by atoms with van der Waals surface area (Å²) < 4.78 is 5.08. The van der Waals surface area contributed by atoms with Gasteiger partial charge in [0.1, 0.15) is 5.76 Å². The predicted octanol–water partition coefficient (Wildman–Crippen LogP) is 1.61. The fourth-order valence-electron chi connectivity index (χ4n) is 1.83. The van der Waals surface area contributed by atoms with Crippen LogP contribution in [0, 0.1) is 5.92 Å². The molecule has 0 fully saturated rings. The van der Waals surface area contributed by atoms with Gasteiger partial charge in [-0.3, -0.25) is 4.79 Å². The average Bonchev–Trinajstić information content (AvgIpc) is 2.62. The van der Waals surface area contributed by atoms with Crippen LogP contribution in [-0.4, -0.2) is 22.5 Å². The second-order valence-corrected chi connectivity index (χ2v) is 4.44. The SMILES string of the molecule is CC(C)CC(=O)N1CCc2oncc2C1. The summed E-state index contributed by atoms with van der Waals surface area (Å²) in [6, 6.07) is 0. The molecule has 0 aliphatic carbocycles. The number of amides is 1. The first-order valence-electron chi connectivity index (χ1n) is 5.37. The molecule has 1 amide bonds. The molecule has 0 N–H and O–H groups in total. The molecule has 0 saturated heterocycles. The van der Waals surface area contributed by atoms with Gasteiger partial charge in [-0.1, -0.05) is 19.0 Å². The lowest BCUT2D eigenvalue weighted by atomic mass is 10.1. The Morgan fingerprint density at radius 3 is 3.20 bits per heavy atom. The number of carbonyl (C=O) groups is 1. The fraction of sp³-hybridized carbons (Fsp3) is 0.636. The van der Waals surface area contributed by atoms with E-state index >= 15 is 0 Å². The molecule has 1 aliphatic heterocycles. The normalized spacial score (nSPS) is 15.5. The molecule has 0 bridgehead atoms. The van der Waals surface area contributed by atoms with E-state index in [1.807, 2.05) is 4.90 Å². The highest BCUT2D eigenvalue weighted by Crippen LogP contribution is 2.19. The van der Waals surface area contributed by atoms with Crippen molar-refractivity contribution in [1.82, 2.24) is 10.1 Å². The zero-order valence-electron chi connectivity index (χ0n) is 9.19. The molecule has 0 spiro atoms. The van der Waals surface area contributed by atoms with Crippen molar-refractivity contribution in [1.29, 1.82) is 0 Å². The van der Waals surface area contributed by atoms with Gasteiger partial charge in [-0.15, -0.1) is 0 Å². The number of nitrogens with zero attached hydrogens (tertiary/aromatic N) is 2. The molecule has 0 aromatic carbocycles. The molecule has 1 aromatic rings. The lowest BCUT2D eigenvalue weighted by Crippen LogP contribution is -2.35. The lowest BCUT2D eigenvalue weighted by Gasteiger charge is -2.26. The standard InChI is InChI=1S/C11H16N2O2/c1-8(2)5-11(14)13-4-3-10-9(7-13)6-12-15-10/h6,8H,3-5,7H2,1-2H3. The van der Waals surface area contributed by atoms with Crippen LogP contribution in [0.2, 0.25) is 0 Å². The van der Waals surface area contributed by atoms with Gasteiger partial charge in [0.25, 0.3) is 0 Å². The Kier molecular flexibility index (Phi) is 2.75. The molecular weight excluding hydrogens is 192 g/mol. The summed E-state index contributed by atoms with van der Waals surface area (Å²) >= 11 is 0. The van der Waals surface area contributed by atoms with Crippen molar-refractivity contribution in [2.75, 3.05) is 6.54 Å². The van der Waals surface area contributed by atoms with Crippen LogP contribution in [0.3, 0.4) is 0 Å². The zero-order chi connectivity index (χ0) is 10.8. The second kappa shape index (κ2) is 4.04.